The first-order valence-corrected chi connectivity index (χ1v) is 5.89. The summed E-state index contributed by atoms with van der Waals surface area (Å²) in [4.78, 5) is 13.8. The summed E-state index contributed by atoms with van der Waals surface area (Å²) in [6.45, 7) is 2.96. The molecule has 0 saturated carbocycles. The van der Waals surface area contributed by atoms with Crippen molar-refractivity contribution in [2.45, 2.75) is 25.8 Å². The first-order valence-electron chi connectivity index (χ1n) is 5.89. The number of halogens is 1. The molecule has 0 unspecified atom stereocenters. The minimum Gasteiger partial charge on any atom is -0.337 e. The summed E-state index contributed by atoms with van der Waals surface area (Å²) in [5.74, 6) is -0.462. The van der Waals surface area contributed by atoms with Gasteiger partial charge in [0.25, 0.3) is 5.91 Å². The number of amides is 1. The molecule has 1 aliphatic heterocycles. The zero-order valence-corrected chi connectivity index (χ0v) is 9.95. The molecule has 92 valence electrons. The van der Waals surface area contributed by atoms with Gasteiger partial charge in [0.15, 0.2) is 0 Å². The van der Waals surface area contributed by atoms with Gasteiger partial charge in [-0.05, 0) is 37.5 Å². The first kappa shape index (κ1) is 12.0. The molecule has 0 aromatic heterocycles. The van der Waals surface area contributed by atoms with Crippen molar-refractivity contribution < 1.29 is 9.18 Å². The summed E-state index contributed by atoms with van der Waals surface area (Å²) in [6.07, 6.45) is 1.87. The number of piperidine rings is 1. The van der Waals surface area contributed by atoms with Crippen molar-refractivity contribution in [2.24, 2.45) is 5.73 Å². The molecule has 4 heteroatoms. The van der Waals surface area contributed by atoms with Gasteiger partial charge in [0.1, 0.15) is 5.82 Å². The number of hydrogen-bond donors (Lipinski definition) is 1. The maximum absolute atomic E-state index is 13.4. The van der Waals surface area contributed by atoms with Gasteiger partial charge >= 0.3 is 0 Å². The van der Waals surface area contributed by atoms with E-state index in [1.165, 1.54) is 6.07 Å². The second kappa shape index (κ2) is 4.84. The SMILES string of the molecule is Cc1ccc(C(=O)N2CCC[C@@H](N)C2)cc1F. The van der Waals surface area contributed by atoms with Gasteiger partial charge in [-0.15, -0.1) is 0 Å². The van der Waals surface area contributed by atoms with Crippen LogP contribution in [0, 0.1) is 12.7 Å². The molecule has 1 atom stereocenters. The van der Waals surface area contributed by atoms with Crippen LogP contribution in [0.3, 0.4) is 0 Å². The summed E-state index contributed by atoms with van der Waals surface area (Å²) in [5.41, 5.74) is 6.78. The third kappa shape index (κ3) is 2.64. The quantitative estimate of drug-likeness (QED) is 0.806. The molecule has 0 spiro atoms. The van der Waals surface area contributed by atoms with Gasteiger partial charge < -0.3 is 10.6 Å². The van der Waals surface area contributed by atoms with Crippen LogP contribution in [0.4, 0.5) is 4.39 Å². The maximum Gasteiger partial charge on any atom is 0.254 e. The third-order valence-electron chi connectivity index (χ3n) is 3.16. The largest absolute Gasteiger partial charge is 0.337 e. The summed E-state index contributed by atoms with van der Waals surface area (Å²) < 4.78 is 13.4. The highest BCUT2D eigenvalue weighted by Crippen LogP contribution is 2.15. The van der Waals surface area contributed by atoms with Crippen LogP contribution in [-0.2, 0) is 0 Å². The average Bonchev–Trinajstić information content (AvgIpc) is 2.32. The fourth-order valence-corrected chi connectivity index (χ4v) is 2.10. The van der Waals surface area contributed by atoms with E-state index in [-0.39, 0.29) is 17.8 Å². The minimum absolute atomic E-state index is 0.0444. The number of hydrogen-bond acceptors (Lipinski definition) is 2. The number of rotatable bonds is 1. The van der Waals surface area contributed by atoms with E-state index in [1.54, 1.807) is 24.0 Å². The standard InChI is InChI=1S/C13H17FN2O/c1-9-4-5-10(7-12(9)14)13(17)16-6-2-3-11(15)8-16/h4-5,7,11H,2-3,6,8,15H2,1H3/t11-/m1/s1. The van der Waals surface area contributed by atoms with Crippen LogP contribution in [-0.4, -0.2) is 29.9 Å². The Kier molecular flexibility index (Phi) is 3.43. The van der Waals surface area contributed by atoms with Crippen molar-refractivity contribution in [3.63, 3.8) is 0 Å². The lowest BCUT2D eigenvalue weighted by molar-refractivity contribution is 0.0708. The molecular formula is C13H17FN2O. The molecule has 0 bridgehead atoms. The number of aryl methyl sites for hydroxylation is 1. The minimum atomic E-state index is -0.336. The highest BCUT2D eigenvalue weighted by molar-refractivity contribution is 5.94. The van der Waals surface area contributed by atoms with Crippen molar-refractivity contribution in [3.05, 3.63) is 35.1 Å². The van der Waals surface area contributed by atoms with Gasteiger partial charge in [-0.3, -0.25) is 4.79 Å². The van der Waals surface area contributed by atoms with E-state index in [0.717, 1.165) is 12.8 Å². The molecule has 0 radical (unpaired) electrons. The van der Waals surface area contributed by atoms with Gasteiger partial charge in [0, 0.05) is 24.7 Å². The van der Waals surface area contributed by atoms with Crippen molar-refractivity contribution in [3.8, 4) is 0 Å². The molecule has 3 nitrogen and oxygen atoms in total. The molecule has 17 heavy (non-hydrogen) atoms. The molecule has 2 N–H and O–H groups in total. The number of nitrogens with zero attached hydrogens (tertiary/aromatic N) is 1. The summed E-state index contributed by atoms with van der Waals surface area (Å²) in [5, 5.41) is 0. The van der Waals surface area contributed by atoms with Crippen molar-refractivity contribution in [2.75, 3.05) is 13.1 Å². The fourth-order valence-electron chi connectivity index (χ4n) is 2.10. The average molecular weight is 236 g/mol. The van der Waals surface area contributed by atoms with E-state index in [9.17, 15) is 9.18 Å². The molecule has 1 fully saturated rings. The van der Waals surface area contributed by atoms with E-state index in [1.807, 2.05) is 0 Å². The summed E-state index contributed by atoms with van der Waals surface area (Å²) >= 11 is 0. The van der Waals surface area contributed by atoms with E-state index < -0.39 is 0 Å². The zero-order chi connectivity index (χ0) is 12.4. The highest BCUT2D eigenvalue weighted by atomic mass is 19.1. The number of carbonyl (C=O) groups excluding carboxylic acids is 1. The van der Waals surface area contributed by atoms with Crippen LogP contribution in [0.5, 0.6) is 0 Å². The van der Waals surface area contributed by atoms with Crippen LogP contribution >= 0.6 is 0 Å². The van der Waals surface area contributed by atoms with Crippen LogP contribution in [0.1, 0.15) is 28.8 Å². The van der Waals surface area contributed by atoms with Gasteiger partial charge in [-0.2, -0.15) is 0 Å². The Morgan fingerprint density at radius 3 is 2.94 bits per heavy atom. The molecule has 0 aliphatic carbocycles. The lowest BCUT2D eigenvalue weighted by Gasteiger charge is -2.30. The molecule has 1 saturated heterocycles. The monoisotopic (exact) mass is 236 g/mol. The highest BCUT2D eigenvalue weighted by Gasteiger charge is 2.22. The van der Waals surface area contributed by atoms with Crippen LogP contribution in [0.25, 0.3) is 0 Å². The molecule has 1 amide bonds. The lowest BCUT2D eigenvalue weighted by Crippen LogP contribution is -2.45. The van der Waals surface area contributed by atoms with Crippen molar-refractivity contribution >= 4 is 5.91 Å². The second-order valence-corrected chi connectivity index (χ2v) is 4.62. The number of benzene rings is 1. The Labute approximate surface area is 100 Å². The molecule has 2 rings (SSSR count). The Morgan fingerprint density at radius 1 is 1.53 bits per heavy atom. The van der Waals surface area contributed by atoms with Gasteiger partial charge in [-0.1, -0.05) is 6.07 Å². The molecule has 1 aliphatic rings. The van der Waals surface area contributed by atoms with Crippen molar-refractivity contribution in [1.29, 1.82) is 0 Å². The Balaban J connectivity index is 2.15. The molecule has 1 heterocycles. The first-order chi connectivity index (χ1) is 8.08. The Hall–Kier alpha value is -1.42. The predicted molar refractivity (Wildman–Crippen MR) is 64.2 cm³/mol. The summed E-state index contributed by atoms with van der Waals surface area (Å²) in [6, 6.07) is 4.65. The van der Waals surface area contributed by atoms with Crippen LogP contribution in [0.2, 0.25) is 0 Å². The predicted octanol–water partition coefficient (Wildman–Crippen LogP) is 1.70. The van der Waals surface area contributed by atoms with E-state index >= 15 is 0 Å². The van der Waals surface area contributed by atoms with Crippen LogP contribution < -0.4 is 5.73 Å². The van der Waals surface area contributed by atoms with Crippen molar-refractivity contribution in [1.82, 2.24) is 4.90 Å². The number of likely N-dealkylation sites (tertiary alicyclic amines) is 1. The van der Waals surface area contributed by atoms with E-state index in [2.05, 4.69) is 0 Å². The number of nitrogens with two attached hydrogens (primary N) is 1. The van der Waals surface area contributed by atoms with Crippen LogP contribution in [0.15, 0.2) is 18.2 Å². The topological polar surface area (TPSA) is 46.3 Å². The van der Waals surface area contributed by atoms with Gasteiger partial charge in [-0.25, -0.2) is 4.39 Å². The normalized spacial score (nSPS) is 20.4. The fraction of sp³-hybridized carbons (Fsp3) is 0.462. The Morgan fingerprint density at radius 2 is 2.29 bits per heavy atom. The van der Waals surface area contributed by atoms with E-state index in [4.69, 9.17) is 5.73 Å². The third-order valence-corrected chi connectivity index (χ3v) is 3.16. The maximum atomic E-state index is 13.4. The smallest absolute Gasteiger partial charge is 0.254 e. The Bertz CT molecular complexity index is 433. The molecule has 1 aromatic rings. The van der Waals surface area contributed by atoms with Gasteiger partial charge in [0.2, 0.25) is 0 Å². The molecular weight excluding hydrogens is 219 g/mol. The van der Waals surface area contributed by atoms with Gasteiger partial charge in [0.05, 0.1) is 0 Å². The number of carbonyl (C=O) groups is 1. The molecule has 1 aromatic carbocycles. The summed E-state index contributed by atoms with van der Waals surface area (Å²) in [7, 11) is 0. The zero-order valence-electron chi connectivity index (χ0n) is 9.95. The lowest BCUT2D eigenvalue weighted by atomic mass is 10.0. The second-order valence-electron chi connectivity index (χ2n) is 4.62. The van der Waals surface area contributed by atoms with E-state index in [0.29, 0.717) is 24.2 Å².